The predicted octanol–water partition coefficient (Wildman–Crippen LogP) is 3.38. The Morgan fingerprint density at radius 3 is 3.12 bits per heavy atom. The Bertz CT molecular complexity index is 903. The van der Waals surface area contributed by atoms with Crippen LogP contribution in [0.25, 0.3) is 10.9 Å². The van der Waals surface area contributed by atoms with E-state index in [0.29, 0.717) is 0 Å². The number of nitrogens with zero attached hydrogens (tertiary/aromatic N) is 1. The molecule has 1 atom stereocenters. The molecule has 24 heavy (non-hydrogen) atoms. The summed E-state index contributed by atoms with van der Waals surface area (Å²) in [7, 11) is 1.66. The number of aryl methyl sites for hydroxylation is 1. The number of anilines is 1. The molecule has 3 aromatic rings. The second-order valence-electron chi connectivity index (χ2n) is 5.89. The first-order chi connectivity index (χ1) is 11.7. The van der Waals surface area contributed by atoms with Crippen LogP contribution < -0.4 is 15.4 Å². The van der Waals surface area contributed by atoms with Crippen molar-refractivity contribution in [3.8, 4) is 5.75 Å². The predicted molar refractivity (Wildman–Crippen MR) is 92.3 cm³/mol. The van der Waals surface area contributed by atoms with Crippen molar-refractivity contribution < 1.29 is 9.53 Å². The van der Waals surface area contributed by atoms with Gasteiger partial charge in [0, 0.05) is 5.39 Å². The number of ether oxygens (including phenoxy) is 1. The monoisotopic (exact) mass is 322 g/mol. The van der Waals surface area contributed by atoms with E-state index in [9.17, 15) is 4.79 Å². The van der Waals surface area contributed by atoms with E-state index >= 15 is 0 Å². The molecule has 0 fully saturated rings. The van der Waals surface area contributed by atoms with Crippen LogP contribution in [0.4, 0.5) is 10.5 Å². The van der Waals surface area contributed by atoms with Gasteiger partial charge in [0.25, 0.3) is 0 Å². The largest absolute Gasteiger partial charge is 0.497 e. The van der Waals surface area contributed by atoms with Crippen LogP contribution >= 0.6 is 0 Å². The highest BCUT2D eigenvalue weighted by Crippen LogP contribution is 2.33. The van der Waals surface area contributed by atoms with Gasteiger partial charge in [-0.3, -0.25) is 5.10 Å². The van der Waals surface area contributed by atoms with Crippen molar-refractivity contribution in [2.24, 2.45) is 0 Å². The molecule has 0 saturated carbocycles. The normalized spacial score (nSPS) is 16.0. The lowest BCUT2D eigenvalue weighted by Gasteiger charge is -2.15. The lowest BCUT2D eigenvalue weighted by molar-refractivity contribution is 0.248. The van der Waals surface area contributed by atoms with E-state index in [4.69, 9.17) is 4.74 Å². The van der Waals surface area contributed by atoms with Crippen molar-refractivity contribution in [3.05, 3.63) is 53.7 Å². The van der Waals surface area contributed by atoms with E-state index in [1.54, 1.807) is 13.3 Å². The summed E-state index contributed by atoms with van der Waals surface area (Å²) in [4.78, 5) is 12.4. The first-order valence-electron chi connectivity index (χ1n) is 7.91. The molecule has 1 heterocycles. The molecule has 6 heteroatoms. The molecule has 0 saturated heterocycles. The highest BCUT2D eigenvalue weighted by molar-refractivity contribution is 6.00. The van der Waals surface area contributed by atoms with Crippen molar-refractivity contribution in [2.75, 3.05) is 12.4 Å². The van der Waals surface area contributed by atoms with Crippen molar-refractivity contribution in [1.82, 2.24) is 15.5 Å². The molecular weight excluding hydrogens is 304 g/mol. The van der Waals surface area contributed by atoms with Crippen LogP contribution in [-0.4, -0.2) is 23.3 Å². The van der Waals surface area contributed by atoms with Crippen LogP contribution in [0.3, 0.4) is 0 Å². The Morgan fingerprint density at radius 2 is 2.25 bits per heavy atom. The van der Waals surface area contributed by atoms with Gasteiger partial charge < -0.3 is 15.4 Å². The van der Waals surface area contributed by atoms with Gasteiger partial charge in [0.2, 0.25) is 0 Å². The summed E-state index contributed by atoms with van der Waals surface area (Å²) in [5.74, 6) is 0.852. The standard InChI is InChI=1S/C18H18N4O2/c1-24-12-6-7-13-11(9-12)5-8-16(13)21-18(23)20-15-3-2-4-17-14(15)10-19-22-17/h2-4,6-7,9-10,16H,5,8H2,1H3,(H,19,22)(H2,20,21,23)/t16-/m0/s1. The average molecular weight is 322 g/mol. The average Bonchev–Trinajstić information content (AvgIpc) is 3.22. The minimum Gasteiger partial charge on any atom is -0.497 e. The van der Waals surface area contributed by atoms with Crippen molar-refractivity contribution in [3.63, 3.8) is 0 Å². The number of urea groups is 1. The summed E-state index contributed by atoms with van der Waals surface area (Å²) in [5, 5.41) is 13.8. The minimum atomic E-state index is -0.211. The lowest BCUT2D eigenvalue weighted by Crippen LogP contribution is -2.31. The minimum absolute atomic E-state index is 0.0226. The third-order valence-corrected chi connectivity index (χ3v) is 4.47. The smallest absolute Gasteiger partial charge is 0.319 e. The number of hydrogen-bond acceptors (Lipinski definition) is 3. The Balaban J connectivity index is 1.49. The Kier molecular flexibility index (Phi) is 3.57. The van der Waals surface area contributed by atoms with Crippen molar-refractivity contribution >= 4 is 22.6 Å². The zero-order valence-corrected chi connectivity index (χ0v) is 13.3. The van der Waals surface area contributed by atoms with Crippen molar-refractivity contribution in [1.29, 1.82) is 0 Å². The molecule has 1 aliphatic carbocycles. The number of carbonyl (C=O) groups is 1. The zero-order valence-electron chi connectivity index (χ0n) is 13.3. The van der Waals surface area contributed by atoms with Crippen LogP contribution in [0.1, 0.15) is 23.6 Å². The number of benzene rings is 2. The van der Waals surface area contributed by atoms with Gasteiger partial charge in [-0.1, -0.05) is 12.1 Å². The van der Waals surface area contributed by atoms with Crippen LogP contribution in [-0.2, 0) is 6.42 Å². The number of aromatic nitrogens is 2. The highest BCUT2D eigenvalue weighted by atomic mass is 16.5. The number of rotatable bonds is 3. The fraction of sp³-hybridized carbons (Fsp3) is 0.222. The van der Waals surface area contributed by atoms with E-state index in [-0.39, 0.29) is 12.1 Å². The number of carbonyl (C=O) groups excluding carboxylic acids is 1. The van der Waals surface area contributed by atoms with E-state index in [0.717, 1.165) is 40.7 Å². The topological polar surface area (TPSA) is 79.0 Å². The number of H-pyrrole nitrogens is 1. The Hall–Kier alpha value is -3.02. The van der Waals surface area contributed by atoms with E-state index in [1.807, 2.05) is 36.4 Å². The molecule has 0 bridgehead atoms. The molecule has 1 aliphatic rings. The molecule has 122 valence electrons. The van der Waals surface area contributed by atoms with Gasteiger partial charge in [0.05, 0.1) is 30.6 Å². The maximum atomic E-state index is 12.4. The molecule has 3 N–H and O–H groups in total. The summed E-state index contributed by atoms with van der Waals surface area (Å²) >= 11 is 0. The molecule has 6 nitrogen and oxygen atoms in total. The zero-order chi connectivity index (χ0) is 16.5. The lowest BCUT2D eigenvalue weighted by atomic mass is 10.1. The molecular formula is C18H18N4O2. The fourth-order valence-electron chi connectivity index (χ4n) is 3.26. The molecule has 1 aromatic heterocycles. The van der Waals surface area contributed by atoms with Gasteiger partial charge in [-0.15, -0.1) is 0 Å². The number of aromatic amines is 1. The summed E-state index contributed by atoms with van der Waals surface area (Å²) in [5.41, 5.74) is 4.03. The van der Waals surface area contributed by atoms with E-state index < -0.39 is 0 Å². The van der Waals surface area contributed by atoms with Gasteiger partial charge in [-0.25, -0.2) is 4.79 Å². The summed E-state index contributed by atoms with van der Waals surface area (Å²) in [6.07, 6.45) is 3.54. The maximum absolute atomic E-state index is 12.4. The van der Waals surface area contributed by atoms with Gasteiger partial charge in [0.15, 0.2) is 0 Å². The number of amides is 2. The number of fused-ring (bicyclic) bond motifs is 2. The molecule has 0 aliphatic heterocycles. The van der Waals surface area contributed by atoms with Gasteiger partial charge in [-0.05, 0) is 48.2 Å². The number of methoxy groups -OCH3 is 1. The molecule has 0 spiro atoms. The SMILES string of the molecule is COc1ccc2c(c1)CC[C@@H]2NC(=O)Nc1cccc2[nH]ncc12. The van der Waals surface area contributed by atoms with Crippen LogP contribution in [0.5, 0.6) is 5.75 Å². The van der Waals surface area contributed by atoms with Crippen molar-refractivity contribution in [2.45, 2.75) is 18.9 Å². The fourth-order valence-corrected chi connectivity index (χ4v) is 3.26. The summed E-state index contributed by atoms with van der Waals surface area (Å²) in [6.45, 7) is 0. The first-order valence-corrected chi connectivity index (χ1v) is 7.91. The van der Waals surface area contributed by atoms with Crippen LogP contribution in [0, 0.1) is 0 Å². The first kappa shape index (κ1) is 14.6. The van der Waals surface area contributed by atoms with E-state index in [2.05, 4.69) is 20.8 Å². The van der Waals surface area contributed by atoms with Gasteiger partial charge >= 0.3 is 6.03 Å². The molecule has 2 amide bonds. The second kappa shape index (κ2) is 5.88. The van der Waals surface area contributed by atoms with Crippen LogP contribution in [0.15, 0.2) is 42.6 Å². The third kappa shape index (κ3) is 2.56. The van der Waals surface area contributed by atoms with Gasteiger partial charge in [-0.2, -0.15) is 5.10 Å². The number of hydrogen-bond donors (Lipinski definition) is 3. The molecule has 2 aromatic carbocycles. The number of nitrogens with one attached hydrogen (secondary N) is 3. The quantitative estimate of drug-likeness (QED) is 0.691. The Morgan fingerprint density at radius 1 is 1.33 bits per heavy atom. The highest BCUT2D eigenvalue weighted by Gasteiger charge is 2.24. The van der Waals surface area contributed by atoms with E-state index in [1.165, 1.54) is 5.56 Å². The summed E-state index contributed by atoms with van der Waals surface area (Å²) < 4.78 is 5.26. The molecule has 0 radical (unpaired) electrons. The maximum Gasteiger partial charge on any atom is 0.319 e. The van der Waals surface area contributed by atoms with Gasteiger partial charge in [0.1, 0.15) is 5.75 Å². The molecule has 0 unspecified atom stereocenters. The van der Waals surface area contributed by atoms with Crippen LogP contribution in [0.2, 0.25) is 0 Å². The summed E-state index contributed by atoms with van der Waals surface area (Å²) in [6, 6.07) is 11.5. The second-order valence-corrected chi connectivity index (χ2v) is 5.89. The Labute approximate surface area is 139 Å². The molecule has 4 rings (SSSR count). The third-order valence-electron chi connectivity index (χ3n) is 4.47.